The third-order valence-corrected chi connectivity index (χ3v) is 2.81. The summed E-state index contributed by atoms with van der Waals surface area (Å²) in [5.41, 5.74) is -0.171. The maximum absolute atomic E-state index is 12.3. The fourth-order valence-electron chi connectivity index (χ4n) is 1.56. The molecule has 0 heterocycles. The normalized spacial score (nSPS) is 13.1. The highest BCUT2D eigenvalue weighted by Crippen LogP contribution is 2.29. The summed E-state index contributed by atoms with van der Waals surface area (Å²) in [6, 6.07) is 4.54. The van der Waals surface area contributed by atoms with Gasteiger partial charge in [0, 0.05) is 11.9 Å². The summed E-state index contributed by atoms with van der Waals surface area (Å²) in [5.74, 6) is 0.222. The van der Waals surface area contributed by atoms with Crippen LogP contribution in [0.25, 0.3) is 0 Å². The Labute approximate surface area is 114 Å². The minimum Gasteiger partial charge on any atom is -0.353 e. The van der Waals surface area contributed by atoms with E-state index >= 15 is 0 Å². The van der Waals surface area contributed by atoms with Crippen molar-refractivity contribution < 1.29 is 18.0 Å². The highest BCUT2D eigenvalue weighted by Gasteiger charge is 2.29. The van der Waals surface area contributed by atoms with Gasteiger partial charge in [0.05, 0.1) is 12.0 Å². The summed E-state index contributed by atoms with van der Waals surface area (Å²) in [6.07, 6.45) is -3.64. The number of hydrogen-bond donors (Lipinski definition) is 1. The van der Waals surface area contributed by atoms with E-state index in [2.05, 4.69) is 5.32 Å². The average molecular weight is 294 g/mol. The Hall–Kier alpha value is -1.23. The van der Waals surface area contributed by atoms with E-state index in [1.165, 1.54) is 12.1 Å². The van der Waals surface area contributed by atoms with Gasteiger partial charge in [0.25, 0.3) is 0 Å². The number of halogens is 4. The third kappa shape index (κ3) is 5.51. The molecule has 19 heavy (non-hydrogen) atoms. The average Bonchev–Trinajstić information content (AvgIpc) is 2.28. The summed E-state index contributed by atoms with van der Waals surface area (Å²) < 4.78 is 37.0. The first-order valence-electron chi connectivity index (χ1n) is 5.84. The lowest BCUT2D eigenvalue weighted by Gasteiger charge is -2.12. The molecule has 1 aromatic carbocycles. The van der Waals surface area contributed by atoms with Crippen molar-refractivity contribution in [2.45, 2.75) is 32.0 Å². The van der Waals surface area contributed by atoms with Crippen LogP contribution in [0.2, 0.25) is 0 Å². The van der Waals surface area contributed by atoms with Gasteiger partial charge in [-0.25, -0.2) is 0 Å². The van der Waals surface area contributed by atoms with E-state index in [0.29, 0.717) is 17.9 Å². The summed E-state index contributed by atoms with van der Waals surface area (Å²) >= 11 is 5.54. The minimum absolute atomic E-state index is 0.0422. The van der Waals surface area contributed by atoms with Gasteiger partial charge < -0.3 is 5.32 Å². The minimum atomic E-state index is -4.35. The SMILES string of the molecule is CC(CCCl)NC(=O)Cc1ccc(C(F)(F)F)cc1. The van der Waals surface area contributed by atoms with Crippen LogP contribution in [0.4, 0.5) is 13.2 Å². The van der Waals surface area contributed by atoms with Crippen LogP contribution in [-0.4, -0.2) is 17.8 Å². The summed E-state index contributed by atoms with van der Waals surface area (Å²) in [6.45, 7) is 1.83. The number of carbonyl (C=O) groups is 1. The van der Waals surface area contributed by atoms with E-state index in [4.69, 9.17) is 11.6 Å². The van der Waals surface area contributed by atoms with Crippen molar-refractivity contribution >= 4 is 17.5 Å². The fraction of sp³-hybridized carbons (Fsp3) is 0.462. The second kappa shape index (κ2) is 6.80. The summed E-state index contributed by atoms with van der Waals surface area (Å²) in [4.78, 5) is 11.6. The van der Waals surface area contributed by atoms with Crippen LogP contribution in [0.1, 0.15) is 24.5 Å². The molecule has 0 spiro atoms. The number of hydrogen-bond acceptors (Lipinski definition) is 1. The highest BCUT2D eigenvalue weighted by atomic mass is 35.5. The predicted octanol–water partition coefficient (Wildman–Crippen LogP) is 3.38. The quantitative estimate of drug-likeness (QED) is 0.829. The van der Waals surface area contributed by atoms with Gasteiger partial charge in [-0.05, 0) is 31.0 Å². The van der Waals surface area contributed by atoms with Crippen molar-refractivity contribution in [2.24, 2.45) is 0 Å². The van der Waals surface area contributed by atoms with Crippen LogP contribution in [0.15, 0.2) is 24.3 Å². The summed E-state index contributed by atoms with van der Waals surface area (Å²) in [5, 5.41) is 2.73. The zero-order valence-electron chi connectivity index (χ0n) is 10.4. The van der Waals surface area contributed by atoms with Crippen LogP contribution in [0.5, 0.6) is 0 Å². The predicted molar refractivity (Wildman–Crippen MR) is 68.1 cm³/mol. The topological polar surface area (TPSA) is 29.1 Å². The van der Waals surface area contributed by atoms with Gasteiger partial charge in [-0.3, -0.25) is 4.79 Å². The van der Waals surface area contributed by atoms with Gasteiger partial charge in [-0.2, -0.15) is 13.2 Å². The Kier molecular flexibility index (Phi) is 5.66. The van der Waals surface area contributed by atoms with Crippen molar-refractivity contribution in [3.63, 3.8) is 0 Å². The molecule has 0 radical (unpaired) electrons. The second-order valence-corrected chi connectivity index (χ2v) is 4.70. The number of benzene rings is 1. The molecular weight excluding hydrogens is 279 g/mol. The van der Waals surface area contributed by atoms with E-state index in [-0.39, 0.29) is 18.4 Å². The van der Waals surface area contributed by atoms with Crippen LogP contribution < -0.4 is 5.32 Å². The highest BCUT2D eigenvalue weighted by molar-refractivity contribution is 6.17. The Morgan fingerprint density at radius 2 is 1.89 bits per heavy atom. The molecule has 0 aromatic heterocycles. The van der Waals surface area contributed by atoms with Crippen molar-refractivity contribution in [3.8, 4) is 0 Å². The lowest BCUT2D eigenvalue weighted by Crippen LogP contribution is -2.33. The molecule has 0 bridgehead atoms. The molecule has 0 aliphatic rings. The first kappa shape index (κ1) is 15.8. The number of rotatable bonds is 5. The summed E-state index contributed by atoms with van der Waals surface area (Å²) in [7, 11) is 0. The van der Waals surface area contributed by atoms with E-state index < -0.39 is 11.7 Å². The molecule has 6 heteroatoms. The number of carbonyl (C=O) groups excluding carboxylic acids is 1. The standard InChI is InChI=1S/C13H15ClF3NO/c1-9(6-7-14)18-12(19)8-10-2-4-11(5-3-10)13(15,16)17/h2-5,9H,6-8H2,1H3,(H,18,19). The van der Waals surface area contributed by atoms with Gasteiger partial charge in [-0.15, -0.1) is 11.6 Å². The molecule has 1 rings (SSSR count). The Morgan fingerprint density at radius 1 is 1.32 bits per heavy atom. The Balaban J connectivity index is 2.56. The van der Waals surface area contributed by atoms with Gasteiger partial charge in [0.2, 0.25) is 5.91 Å². The van der Waals surface area contributed by atoms with E-state index in [1.807, 2.05) is 6.92 Å². The lowest BCUT2D eigenvalue weighted by molar-refractivity contribution is -0.137. The molecular formula is C13H15ClF3NO. The molecule has 106 valence electrons. The molecule has 0 aliphatic heterocycles. The second-order valence-electron chi connectivity index (χ2n) is 4.32. The number of amides is 1. The molecule has 2 nitrogen and oxygen atoms in total. The van der Waals surface area contributed by atoms with E-state index in [0.717, 1.165) is 12.1 Å². The van der Waals surface area contributed by atoms with Crippen LogP contribution in [0, 0.1) is 0 Å². The Bertz CT molecular complexity index is 417. The van der Waals surface area contributed by atoms with Crippen molar-refractivity contribution in [2.75, 3.05) is 5.88 Å². The third-order valence-electron chi connectivity index (χ3n) is 2.60. The molecule has 1 N–H and O–H groups in total. The number of nitrogens with one attached hydrogen (secondary N) is 1. The Morgan fingerprint density at radius 3 is 2.37 bits per heavy atom. The molecule has 1 aromatic rings. The smallest absolute Gasteiger partial charge is 0.353 e. The molecule has 0 fully saturated rings. The van der Waals surface area contributed by atoms with Gasteiger partial charge in [0.15, 0.2) is 0 Å². The van der Waals surface area contributed by atoms with Gasteiger partial charge >= 0.3 is 6.18 Å². The maximum atomic E-state index is 12.3. The van der Waals surface area contributed by atoms with E-state index in [9.17, 15) is 18.0 Å². The zero-order valence-corrected chi connectivity index (χ0v) is 11.2. The lowest BCUT2D eigenvalue weighted by atomic mass is 10.1. The van der Waals surface area contributed by atoms with Crippen LogP contribution in [0.3, 0.4) is 0 Å². The van der Waals surface area contributed by atoms with Gasteiger partial charge in [-0.1, -0.05) is 12.1 Å². The van der Waals surface area contributed by atoms with Crippen molar-refractivity contribution in [1.82, 2.24) is 5.32 Å². The molecule has 0 saturated carbocycles. The van der Waals surface area contributed by atoms with Crippen molar-refractivity contribution in [1.29, 1.82) is 0 Å². The van der Waals surface area contributed by atoms with Crippen LogP contribution in [-0.2, 0) is 17.4 Å². The fourth-order valence-corrected chi connectivity index (χ4v) is 1.89. The van der Waals surface area contributed by atoms with Crippen LogP contribution >= 0.6 is 11.6 Å². The monoisotopic (exact) mass is 293 g/mol. The zero-order chi connectivity index (χ0) is 14.5. The molecule has 0 saturated heterocycles. The molecule has 1 unspecified atom stereocenters. The number of alkyl halides is 4. The van der Waals surface area contributed by atoms with Gasteiger partial charge in [0.1, 0.15) is 0 Å². The van der Waals surface area contributed by atoms with Crippen molar-refractivity contribution in [3.05, 3.63) is 35.4 Å². The van der Waals surface area contributed by atoms with E-state index in [1.54, 1.807) is 0 Å². The molecule has 1 atom stereocenters. The molecule has 0 aliphatic carbocycles. The molecule has 1 amide bonds. The first-order chi connectivity index (χ1) is 8.82. The maximum Gasteiger partial charge on any atom is 0.416 e. The first-order valence-corrected chi connectivity index (χ1v) is 6.38. The largest absolute Gasteiger partial charge is 0.416 e.